The van der Waals surface area contributed by atoms with Crippen molar-refractivity contribution in [1.82, 2.24) is 10.2 Å². The third-order valence-electron chi connectivity index (χ3n) is 3.92. The van der Waals surface area contributed by atoms with Crippen molar-refractivity contribution in [2.75, 3.05) is 19.6 Å². The molecular weight excluding hydrogens is 212 g/mol. The molecule has 1 N–H and O–H groups in total. The molecule has 0 aliphatic carbocycles. The van der Waals surface area contributed by atoms with Gasteiger partial charge in [-0.05, 0) is 17.9 Å². The van der Waals surface area contributed by atoms with Crippen LogP contribution in [0.3, 0.4) is 0 Å². The molecule has 3 rings (SSSR count). The van der Waals surface area contributed by atoms with Crippen LogP contribution >= 0.6 is 0 Å². The lowest BCUT2D eigenvalue weighted by Crippen LogP contribution is -2.41. The van der Waals surface area contributed by atoms with Crippen molar-refractivity contribution in [3.63, 3.8) is 0 Å². The van der Waals surface area contributed by atoms with E-state index in [2.05, 4.69) is 34.5 Å². The molecule has 0 saturated carbocycles. The van der Waals surface area contributed by atoms with E-state index in [0.717, 1.165) is 32.6 Å². The molecule has 3 nitrogen and oxygen atoms in total. The van der Waals surface area contributed by atoms with E-state index in [1.165, 1.54) is 5.56 Å². The highest BCUT2D eigenvalue weighted by atomic mass is 16.2. The quantitative estimate of drug-likeness (QED) is 0.829. The van der Waals surface area contributed by atoms with Crippen LogP contribution in [0.15, 0.2) is 30.3 Å². The molecule has 0 unspecified atom stereocenters. The maximum Gasteiger partial charge on any atom is 0.224 e. The summed E-state index contributed by atoms with van der Waals surface area (Å²) in [7, 11) is 0. The van der Waals surface area contributed by atoms with Crippen LogP contribution in [0.5, 0.6) is 0 Å². The number of nitrogens with zero attached hydrogens (tertiary/aromatic N) is 1. The van der Waals surface area contributed by atoms with Crippen LogP contribution in [0.1, 0.15) is 12.0 Å². The Kier molecular flexibility index (Phi) is 2.85. The molecule has 0 radical (unpaired) electrons. The van der Waals surface area contributed by atoms with Gasteiger partial charge >= 0.3 is 0 Å². The lowest BCUT2D eigenvalue weighted by atomic mass is 9.89. The zero-order valence-corrected chi connectivity index (χ0v) is 9.93. The smallest absolute Gasteiger partial charge is 0.224 e. The number of hydrogen-bond acceptors (Lipinski definition) is 2. The number of carbonyl (C=O) groups is 1. The standard InChI is InChI=1S/C14H18N2O/c17-14-13-10-16(9-12(13)6-7-15-14)8-11-4-2-1-3-5-11/h1-5,12-13H,6-10H2,(H,15,17)/t12-,13-/m1/s1. The summed E-state index contributed by atoms with van der Waals surface area (Å²) < 4.78 is 0. The van der Waals surface area contributed by atoms with Gasteiger partial charge in [0.15, 0.2) is 0 Å². The third-order valence-corrected chi connectivity index (χ3v) is 3.92. The van der Waals surface area contributed by atoms with Crippen molar-refractivity contribution in [2.24, 2.45) is 11.8 Å². The number of amides is 1. The summed E-state index contributed by atoms with van der Waals surface area (Å²) in [6, 6.07) is 10.5. The predicted octanol–water partition coefficient (Wildman–Crippen LogP) is 1.25. The second kappa shape index (κ2) is 4.49. The molecule has 0 spiro atoms. The van der Waals surface area contributed by atoms with Gasteiger partial charge in [0.2, 0.25) is 5.91 Å². The summed E-state index contributed by atoms with van der Waals surface area (Å²) in [4.78, 5) is 14.1. The Bertz CT molecular complexity index is 404. The predicted molar refractivity (Wildman–Crippen MR) is 66.3 cm³/mol. The third kappa shape index (κ3) is 2.20. The Labute approximate surface area is 102 Å². The number of carbonyl (C=O) groups excluding carboxylic acids is 1. The lowest BCUT2D eigenvalue weighted by Gasteiger charge is -2.23. The van der Waals surface area contributed by atoms with Gasteiger partial charge in [-0.2, -0.15) is 0 Å². The van der Waals surface area contributed by atoms with Gasteiger partial charge in [-0.25, -0.2) is 0 Å². The van der Waals surface area contributed by atoms with Crippen LogP contribution in [0.4, 0.5) is 0 Å². The molecule has 2 saturated heterocycles. The van der Waals surface area contributed by atoms with E-state index < -0.39 is 0 Å². The number of benzene rings is 1. The topological polar surface area (TPSA) is 32.3 Å². The first kappa shape index (κ1) is 10.8. The molecule has 2 fully saturated rings. The fourth-order valence-corrected chi connectivity index (χ4v) is 3.03. The second-order valence-electron chi connectivity index (χ2n) is 5.13. The average molecular weight is 230 g/mol. The molecule has 17 heavy (non-hydrogen) atoms. The van der Waals surface area contributed by atoms with Crippen LogP contribution in [0.25, 0.3) is 0 Å². The Morgan fingerprint density at radius 3 is 2.82 bits per heavy atom. The monoisotopic (exact) mass is 230 g/mol. The minimum absolute atomic E-state index is 0.229. The summed E-state index contributed by atoms with van der Waals surface area (Å²) >= 11 is 0. The second-order valence-corrected chi connectivity index (χ2v) is 5.13. The first-order valence-electron chi connectivity index (χ1n) is 6.37. The van der Waals surface area contributed by atoms with E-state index in [0.29, 0.717) is 5.92 Å². The molecule has 2 aliphatic rings. The van der Waals surface area contributed by atoms with E-state index in [1.807, 2.05) is 6.07 Å². The SMILES string of the molecule is O=C1NCC[C@@H]2CN(Cc3ccccc3)C[C@@H]12. The summed E-state index contributed by atoms with van der Waals surface area (Å²) in [5.41, 5.74) is 1.34. The fourth-order valence-electron chi connectivity index (χ4n) is 3.03. The van der Waals surface area contributed by atoms with E-state index in [-0.39, 0.29) is 11.8 Å². The summed E-state index contributed by atoms with van der Waals surface area (Å²) in [5.74, 6) is 1.07. The fraction of sp³-hybridized carbons (Fsp3) is 0.500. The highest BCUT2D eigenvalue weighted by molar-refractivity contribution is 5.80. The highest BCUT2D eigenvalue weighted by Crippen LogP contribution is 2.29. The van der Waals surface area contributed by atoms with Crippen molar-refractivity contribution in [1.29, 1.82) is 0 Å². The largest absolute Gasteiger partial charge is 0.356 e. The van der Waals surface area contributed by atoms with E-state index >= 15 is 0 Å². The van der Waals surface area contributed by atoms with Crippen molar-refractivity contribution >= 4 is 5.91 Å². The minimum Gasteiger partial charge on any atom is -0.356 e. The van der Waals surface area contributed by atoms with Gasteiger partial charge in [0.1, 0.15) is 0 Å². The molecule has 1 aromatic carbocycles. The molecule has 1 amide bonds. The molecule has 0 bridgehead atoms. The first-order chi connectivity index (χ1) is 8.33. The number of piperidine rings is 1. The number of hydrogen-bond donors (Lipinski definition) is 1. The van der Waals surface area contributed by atoms with Crippen molar-refractivity contribution < 1.29 is 4.79 Å². The minimum atomic E-state index is 0.229. The van der Waals surface area contributed by atoms with Gasteiger partial charge in [0.25, 0.3) is 0 Å². The molecule has 2 atom stereocenters. The van der Waals surface area contributed by atoms with Crippen LogP contribution < -0.4 is 5.32 Å². The zero-order valence-electron chi connectivity index (χ0n) is 9.93. The van der Waals surface area contributed by atoms with Crippen LogP contribution in [-0.2, 0) is 11.3 Å². The molecule has 90 valence electrons. The van der Waals surface area contributed by atoms with E-state index in [1.54, 1.807) is 0 Å². The highest BCUT2D eigenvalue weighted by Gasteiger charge is 2.39. The molecular formula is C14H18N2O. The Balaban J connectivity index is 1.66. The lowest BCUT2D eigenvalue weighted by molar-refractivity contribution is -0.127. The maximum absolute atomic E-state index is 11.7. The first-order valence-corrected chi connectivity index (χ1v) is 6.37. The maximum atomic E-state index is 11.7. The molecule has 1 aromatic rings. The van der Waals surface area contributed by atoms with Crippen LogP contribution in [0.2, 0.25) is 0 Å². The Hall–Kier alpha value is -1.35. The summed E-state index contributed by atoms with van der Waals surface area (Å²) in [6.07, 6.45) is 1.14. The van der Waals surface area contributed by atoms with Gasteiger partial charge in [-0.15, -0.1) is 0 Å². The van der Waals surface area contributed by atoms with Crippen molar-refractivity contribution in [3.05, 3.63) is 35.9 Å². The molecule has 3 heteroatoms. The number of rotatable bonds is 2. The Morgan fingerprint density at radius 1 is 1.24 bits per heavy atom. The number of fused-ring (bicyclic) bond motifs is 1. The normalized spacial score (nSPS) is 28.8. The van der Waals surface area contributed by atoms with E-state index in [9.17, 15) is 4.79 Å². The number of nitrogens with one attached hydrogen (secondary N) is 1. The van der Waals surface area contributed by atoms with Crippen LogP contribution in [-0.4, -0.2) is 30.4 Å². The van der Waals surface area contributed by atoms with Gasteiger partial charge in [-0.1, -0.05) is 30.3 Å². The zero-order chi connectivity index (χ0) is 11.7. The van der Waals surface area contributed by atoms with E-state index in [4.69, 9.17) is 0 Å². The van der Waals surface area contributed by atoms with Crippen molar-refractivity contribution in [2.45, 2.75) is 13.0 Å². The Morgan fingerprint density at radius 2 is 2.06 bits per heavy atom. The number of likely N-dealkylation sites (tertiary alicyclic amines) is 1. The van der Waals surface area contributed by atoms with Gasteiger partial charge < -0.3 is 5.32 Å². The van der Waals surface area contributed by atoms with Gasteiger partial charge in [0.05, 0.1) is 5.92 Å². The molecule has 2 aliphatic heterocycles. The van der Waals surface area contributed by atoms with Gasteiger partial charge in [-0.3, -0.25) is 9.69 Å². The average Bonchev–Trinajstić information content (AvgIpc) is 2.74. The van der Waals surface area contributed by atoms with Crippen molar-refractivity contribution in [3.8, 4) is 0 Å². The van der Waals surface area contributed by atoms with Gasteiger partial charge in [0, 0.05) is 26.2 Å². The summed E-state index contributed by atoms with van der Waals surface area (Å²) in [5, 5.41) is 2.97. The molecule has 2 heterocycles. The molecule has 0 aromatic heterocycles. The summed E-state index contributed by atoms with van der Waals surface area (Å²) in [6.45, 7) is 3.83. The van der Waals surface area contributed by atoms with Crippen LogP contribution in [0, 0.1) is 11.8 Å².